The minimum Gasteiger partial charge on any atom is -0.497 e. The van der Waals surface area contributed by atoms with Gasteiger partial charge < -0.3 is 14.8 Å². The van der Waals surface area contributed by atoms with Crippen molar-refractivity contribution in [3.05, 3.63) is 29.5 Å². The molecule has 0 aliphatic rings. The van der Waals surface area contributed by atoms with Crippen LogP contribution < -0.4 is 14.8 Å². The van der Waals surface area contributed by atoms with E-state index < -0.39 is 0 Å². The Morgan fingerprint density at radius 3 is 2.21 bits per heavy atom. The molecule has 0 saturated carbocycles. The van der Waals surface area contributed by atoms with E-state index in [0.717, 1.165) is 0 Å². The number of nitrogens with zero attached hydrogens (tertiary/aromatic N) is 3. The fourth-order valence-electron chi connectivity index (χ4n) is 1.32. The summed E-state index contributed by atoms with van der Waals surface area (Å²) in [6, 6.07) is 9.98. The fraction of sp³-hybridized carbons (Fsp3) is 0.154. The third-order valence-electron chi connectivity index (χ3n) is 2.25. The van der Waals surface area contributed by atoms with Gasteiger partial charge in [0, 0.05) is 6.07 Å². The number of nitrogens with one attached hydrogen (secondary N) is 1. The Bertz CT molecular complexity index is 614. The molecule has 94 valence electrons. The van der Waals surface area contributed by atoms with Crippen LogP contribution in [0.2, 0.25) is 0 Å². The van der Waals surface area contributed by atoms with Gasteiger partial charge in [-0.3, -0.25) is 0 Å². The third kappa shape index (κ3) is 3.15. The number of methoxy groups -OCH3 is 2. The van der Waals surface area contributed by atoms with E-state index in [1.807, 2.05) is 0 Å². The van der Waals surface area contributed by atoms with Crippen molar-refractivity contribution in [2.75, 3.05) is 19.5 Å². The summed E-state index contributed by atoms with van der Waals surface area (Å²) in [5, 5.41) is 29.1. The number of hydrogen-bond donors (Lipinski definition) is 1. The van der Waals surface area contributed by atoms with E-state index >= 15 is 0 Å². The standard InChI is InChI=1S/C13H10N4O2/c1-18-10-3-4-11(13(5-10)19-2)17-12(8-16)9(6-14)7-15/h3-5,17H,1-2H3. The lowest BCUT2D eigenvalue weighted by atomic mass is 10.2. The molecule has 0 bridgehead atoms. The Morgan fingerprint density at radius 1 is 1.05 bits per heavy atom. The van der Waals surface area contributed by atoms with Crippen molar-refractivity contribution in [3.63, 3.8) is 0 Å². The predicted molar refractivity (Wildman–Crippen MR) is 67.0 cm³/mol. The Hall–Kier alpha value is -3.17. The summed E-state index contributed by atoms with van der Waals surface area (Å²) in [5.74, 6) is 1.02. The normalized spacial score (nSPS) is 8.37. The number of benzene rings is 1. The number of hydrogen-bond acceptors (Lipinski definition) is 6. The molecular formula is C13H10N4O2. The first-order chi connectivity index (χ1) is 9.19. The first-order valence-electron chi connectivity index (χ1n) is 5.13. The van der Waals surface area contributed by atoms with E-state index in [0.29, 0.717) is 17.2 Å². The molecule has 0 radical (unpaired) electrons. The molecule has 0 amide bonds. The summed E-state index contributed by atoms with van der Waals surface area (Å²) in [5.41, 5.74) is 0.0386. The van der Waals surface area contributed by atoms with E-state index in [-0.39, 0.29) is 11.3 Å². The highest BCUT2D eigenvalue weighted by molar-refractivity contribution is 5.65. The Balaban J connectivity index is 3.20. The quantitative estimate of drug-likeness (QED) is 0.824. The lowest BCUT2D eigenvalue weighted by Crippen LogP contribution is -2.02. The van der Waals surface area contributed by atoms with Gasteiger partial charge in [-0.15, -0.1) is 0 Å². The van der Waals surface area contributed by atoms with Crippen LogP contribution in [0, 0.1) is 34.0 Å². The number of anilines is 1. The maximum absolute atomic E-state index is 8.95. The molecule has 0 atom stereocenters. The second-order valence-electron chi connectivity index (χ2n) is 3.28. The van der Waals surface area contributed by atoms with Crippen LogP contribution in [0.4, 0.5) is 5.69 Å². The van der Waals surface area contributed by atoms with Gasteiger partial charge in [-0.2, -0.15) is 15.8 Å². The summed E-state index contributed by atoms with van der Waals surface area (Å²) in [7, 11) is 2.98. The molecule has 0 aromatic heterocycles. The zero-order chi connectivity index (χ0) is 14.3. The zero-order valence-electron chi connectivity index (χ0n) is 10.4. The number of allylic oxidation sites excluding steroid dienone is 2. The van der Waals surface area contributed by atoms with E-state index in [1.165, 1.54) is 14.2 Å². The molecule has 0 aliphatic heterocycles. The van der Waals surface area contributed by atoms with Gasteiger partial charge in [0.05, 0.1) is 19.9 Å². The minimum absolute atomic E-state index is 0.131. The van der Waals surface area contributed by atoms with Gasteiger partial charge in [-0.25, -0.2) is 0 Å². The summed E-state index contributed by atoms with van der Waals surface area (Å²) in [4.78, 5) is 0. The van der Waals surface area contributed by atoms with Gasteiger partial charge in [0.1, 0.15) is 35.4 Å². The van der Waals surface area contributed by atoms with Crippen molar-refractivity contribution in [2.45, 2.75) is 0 Å². The van der Waals surface area contributed by atoms with Gasteiger partial charge >= 0.3 is 0 Å². The van der Waals surface area contributed by atoms with Crippen LogP contribution in [0.5, 0.6) is 11.5 Å². The molecule has 0 fully saturated rings. The maximum atomic E-state index is 8.95. The fourth-order valence-corrected chi connectivity index (χ4v) is 1.32. The summed E-state index contributed by atoms with van der Waals surface area (Å²) in [6.07, 6.45) is 0. The summed E-state index contributed by atoms with van der Waals surface area (Å²) in [6.45, 7) is 0. The highest BCUT2D eigenvalue weighted by Gasteiger charge is 2.10. The van der Waals surface area contributed by atoms with Crippen LogP contribution in [0.15, 0.2) is 29.5 Å². The van der Waals surface area contributed by atoms with Crippen molar-refractivity contribution >= 4 is 5.69 Å². The van der Waals surface area contributed by atoms with Crippen molar-refractivity contribution in [3.8, 4) is 29.7 Å². The average molecular weight is 254 g/mol. The molecule has 0 heterocycles. The van der Waals surface area contributed by atoms with Gasteiger partial charge in [0.2, 0.25) is 0 Å². The van der Waals surface area contributed by atoms with Crippen LogP contribution in [0.1, 0.15) is 0 Å². The van der Waals surface area contributed by atoms with Gasteiger partial charge in [0.15, 0.2) is 5.57 Å². The largest absolute Gasteiger partial charge is 0.497 e. The molecular weight excluding hydrogens is 244 g/mol. The molecule has 6 heteroatoms. The van der Waals surface area contributed by atoms with Crippen LogP contribution in [-0.2, 0) is 0 Å². The lowest BCUT2D eigenvalue weighted by molar-refractivity contribution is 0.395. The number of rotatable bonds is 4. The van der Waals surface area contributed by atoms with Crippen molar-refractivity contribution in [1.29, 1.82) is 15.8 Å². The van der Waals surface area contributed by atoms with Gasteiger partial charge in [-0.05, 0) is 12.1 Å². The Labute approximate surface area is 110 Å². The van der Waals surface area contributed by atoms with Crippen LogP contribution >= 0.6 is 0 Å². The lowest BCUT2D eigenvalue weighted by Gasteiger charge is -2.11. The number of ether oxygens (including phenoxy) is 2. The SMILES string of the molecule is COc1ccc(NC(C#N)=C(C#N)C#N)c(OC)c1. The zero-order valence-corrected chi connectivity index (χ0v) is 10.4. The predicted octanol–water partition coefficient (Wildman–Crippen LogP) is 1.94. The van der Waals surface area contributed by atoms with Crippen LogP contribution in [0.25, 0.3) is 0 Å². The smallest absolute Gasteiger partial charge is 0.163 e. The topological polar surface area (TPSA) is 102 Å². The average Bonchev–Trinajstić information content (AvgIpc) is 2.47. The first-order valence-corrected chi connectivity index (χ1v) is 5.13. The van der Waals surface area contributed by atoms with E-state index in [9.17, 15) is 0 Å². The van der Waals surface area contributed by atoms with Crippen LogP contribution in [0.3, 0.4) is 0 Å². The highest BCUT2D eigenvalue weighted by Crippen LogP contribution is 2.30. The maximum Gasteiger partial charge on any atom is 0.163 e. The molecule has 0 spiro atoms. The van der Waals surface area contributed by atoms with Crippen molar-refractivity contribution < 1.29 is 9.47 Å². The first kappa shape index (κ1) is 13.9. The van der Waals surface area contributed by atoms with E-state index in [4.69, 9.17) is 25.3 Å². The van der Waals surface area contributed by atoms with Crippen molar-refractivity contribution in [1.82, 2.24) is 0 Å². The van der Waals surface area contributed by atoms with E-state index in [2.05, 4.69) is 5.32 Å². The molecule has 6 nitrogen and oxygen atoms in total. The van der Waals surface area contributed by atoms with Gasteiger partial charge in [0.25, 0.3) is 0 Å². The second kappa shape index (κ2) is 6.54. The molecule has 1 rings (SSSR count). The Kier molecular flexibility index (Phi) is 4.78. The minimum atomic E-state index is -0.291. The molecule has 19 heavy (non-hydrogen) atoms. The molecule has 0 aliphatic carbocycles. The molecule has 1 aromatic rings. The summed E-state index contributed by atoms with van der Waals surface area (Å²) >= 11 is 0. The monoisotopic (exact) mass is 254 g/mol. The Morgan fingerprint density at radius 2 is 1.74 bits per heavy atom. The number of nitriles is 3. The third-order valence-corrected chi connectivity index (χ3v) is 2.25. The van der Waals surface area contributed by atoms with Gasteiger partial charge in [-0.1, -0.05) is 0 Å². The molecule has 1 aromatic carbocycles. The molecule has 1 N–H and O–H groups in total. The molecule has 0 saturated heterocycles. The van der Waals surface area contributed by atoms with Crippen molar-refractivity contribution in [2.24, 2.45) is 0 Å². The van der Waals surface area contributed by atoms with E-state index in [1.54, 1.807) is 36.4 Å². The molecule has 0 unspecified atom stereocenters. The van der Waals surface area contributed by atoms with Crippen LogP contribution in [-0.4, -0.2) is 14.2 Å². The highest BCUT2D eigenvalue weighted by atomic mass is 16.5. The summed E-state index contributed by atoms with van der Waals surface area (Å²) < 4.78 is 10.2. The second-order valence-corrected chi connectivity index (χ2v) is 3.28.